The number of aryl methyl sites for hydroxylation is 2. The van der Waals surface area contributed by atoms with Gasteiger partial charge in [-0.05, 0) is 25.0 Å². The van der Waals surface area contributed by atoms with Gasteiger partial charge in [-0.25, -0.2) is 9.78 Å². The van der Waals surface area contributed by atoms with E-state index in [0.29, 0.717) is 54.5 Å². The van der Waals surface area contributed by atoms with Crippen LogP contribution in [0.3, 0.4) is 0 Å². The Morgan fingerprint density at radius 3 is 2.70 bits per heavy atom. The maximum absolute atomic E-state index is 12.9. The Hall–Kier alpha value is -2.91. The summed E-state index contributed by atoms with van der Waals surface area (Å²) in [6, 6.07) is 7.11. The van der Waals surface area contributed by atoms with Crippen molar-refractivity contribution in [3.8, 4) is 0 Å². The van der Waals surface area contributed by atoms with Gasteiger partial charge in [-0.2, -0.15) is 0 Å². The number of carbonyl (C=O) groups excluding carboxylic acids is 1. The van der Waals surface area contributed by atoms with Crippen molar-refractivity contribution >= 4 is 28.7 Å². The summed E-state index contributed by atoms with van der Waals surface area (Å²) < 4.78 is 3.32. The summed E-state index contributed by atoms with van der Waals surface area (Å²) in [5.74, 6) is 0.661. The number of aromatic amines is 1. The van der Waals surface area contributed by atoms with E-state index in [9.17, 15) is 14.4 Å². The zero-order valence-corrected chi connectivity index (χ0v) is 19.8. The molecule has 0 spiro atoms. The van der Waals surface area contributed by atoms with E-state index in [1.807, 2.05) is 17.0 Å². The fourth-order valence-corrected chi connectivity index (χ4v) is 4.51. The molecule has 9 nitrogen and oxygen atoms in total. The van der Waals surface area contributed by atoms with Crippen molar-refractivity contribution in [3.63, 3.8) is 0 Å². The molecule has 1 saturated heterocycles. The zero-order chi connectivity index (χ0) is 23.5. The Labute approximate surface area is 196 Å². The molecule has 4 rings (SSSR count). The van der Waals surface area contributed by atoms with Crippen LogP contribution in [0.5, 0.6) is 0 Å². The number of fused-ring (bicyclic) bond motifs is 1. The number of rotatable bonds is 6. The van der Waals surface area contributed by atoms with Gasteiger partial charge in [0.05, 0.1) is 17.1 Å². The van der Waals surface area contributed by atoms with E-state index >= 15 is 0 Å². The van der Waals surface area contributed by atoms with E-state index < -0.39 is 11.2 Å². The molecule has 2 aromatic heterocycles. The maximum Gasteiger partial charge on any atom is 0.330 e. The van der Waals surface area contributed by atoms with Crippen LogP contribution < -0.4 is 11.2 Å². The lowest BCUT2D eigenvalue weighted by Gasteiger charge is -2.22. The second-order valence-corrected chi connectivity index (χ2v) is 8.83. The molecule has 1 fully saturated rings. The second-order valence-electron chi connectivity index (χ2n) is 8.43. The van der Waals surface area contributed by atoms with E-state index in [2.05, 4.69) is 16.8 Å². The number of imidazole rings is 1. The van der Waals surface area contributed by atoms with Crippen LogP contribution in [0.15, 0.2) is 33.9 Å². The number of hydrogen-bond acceptors (Lipinski definition) is 5. The number of carbonyl (C=O) groups is 1. The summed E-state index contributed by atoms with van der Waals surface area (Å²) in [5.41, 5.74) is 0.517. The molecule has 176 valence electrons. The zero-order valence-electron chi connectivity index (χ0n) is 19.0. The Bertz CT molecular complexity index is 1280. The molecule has 1 aliphatic rings. The number of aromatic nitrogens is 4. The first-order valence-corrected chi connectivity index (χ1v) is 11.7. The second kappa shape index (κ2) is 9.93. The molecule has 33 heavy (non-hydrogen) atoms. The third-order valence-electron chi connectivity index (χ3n) is 6.19. The summed E-state index contributed by atoms with van der Waals surface area (Å²) in [4.78, 5) is 49.0. The van der Waals surface area contributed by atoms with Crippen LogP contribution in [-0.4, -0.2) is 61.0 Å². The van der Waals surface area contributed by atoms with E-state index in [0.717, 1.165) is 31.6 Å². The van der Waals surface area contributed by atoms with Crippen LogP contribution in [0.4, 0.5) is 0 Å². The van der Waals surface area contributed by atoms with Gasteiger partial charge in [-0.3, -0.25) is 24.0 Å². The molecule has 1 aromatic carbocycles. The fraction of sp³-hybridized carbons (Fsp3) is 0.478. The van der Waals surface area contributed by atoms with Gasteiger partial charge in [-0.1, -0.05) is 37.1 Å². The van der Waals surface area contributed by atoms with Crippen LogP contribution in [0.1, 0.15) is 42.4 Å². The van der Waals surface area contributed by atoms with Gasteiger partial charge in [-0.15, -0.1) is 0 Å². The summed E-state index contributed by atoms with van der Waals surface area (Å²) in [7, 11) is 1.81. The van der Waals surface area contributed by atoms with Crippen molar-refractivity contribution in [3.05, 3.63) is 61.5 Å². The number of nitrogens with one attached hydrogen (secondary N) is 1. The van der Waals surface area contributed by atoms with Gasteiger partial charge < -0.3 is 9.47 Å². The van der Waals surface area contributed by atoms with Crippen molar-refractivity contribution in [2.75, 3.05) is 26.2 Å². The third kappa shape index (κ3) is 4.74. The molecule has 0 unspecified atom stereocenters. The largest absolute Gasteiger partial charge is 0.337 e. The standard InChI is InChI=1S/C23H29ClN6O3/c1-3-4-12-30-20-19(21(31)26-23(30)33)27(2)18(25-20)15-28-10-7-11-29(14-13-28)22(32)16-8-5-6-9-17(16)24/h5-6,8-9H,3-4,7,10-15H2,1-2H3,(H,26,31,33). The monoisotopic (exact) mass is 472 g/mol. The number of benzene rings is 1. The molecule has 3 heterocycles. The van der Waals surface area contributed by atoms with Crippen molar-refractivity contribution < 1.29 is 4.79 Å². The molecule has 0 radical (unpaired) electrons. The topological polar surface area (TPSA) is 96.2 Å². The molecule has 10 heteroatoms. The van der Waals surface area contributed by atoms with Gasteiger partial charge in [0, 0.05) is 39.8 Å². The quantitative estimate of drug-likeness (QED) is 0.593. The molecular formula is C23H29ClN6O3. The minimum Gasteiger partial charge on any atom is -0.337 e. The number of unbranched alkanes of at least 4 members (excludes halogenated alkanes) is 1. The molecule has 1 amide bonds. The highest BCUT2D eigenvalue weighted by molar-refractivity contribution is 6.33. The van der Waals surface area contributed by atoms with E-state index in [1.54, 1.807) is 28.3 Å². The number of halogens is 1. The van der Waals surface area contributed by atoms with Crippen molar-refractivity contribution in [2.45, 2.75) is 39.3 Å². The number of H-pyrrole nitrogens is 1. The normalized spacial score (nSPS) is 15.2. The van der Waals surface area contributed by atoms with Crippen LogP contribution in [0.2, 0.25) is 5.02 Å². The Balaban J connectivity index is 1.53. The van der Waals surface area contributed by atoms with Crippen molar-refractivity contribution in [1.82, 2.24) is 28.9 Å². The Morgan fingerprint density at radius 2 is 1.94 bits per heavy atom. The SMILES string of the molecule is CCCCn1c(=O)[nH]c(=O)c2c1nc(CN1CCCN(C(=O)c3ccccc3Cl)CC1)n2C. The Kier molecular flexibility index (Phi) is 6.99. The highest BCUT2D eigenvalue weighted by atomic mass is 35.5. The first kappa shape index (κ1) is 23.3. The molecule has 1 aliphatic heterocycles. The van der Waals surface area contributed by atoms with Gasteiger partial charge in [0.2, 0.25) is 0 Å². The van der Waals surface area contributed by atoms with E-state index in [4.69, 9.17) is 16.6 Å². The van der Waals surface area contributed by atoms with Crippen LogP contribution in [-0.2, 0) is 20.1 Å². The van der Waals surface area contributed by atoms with Crippen molar-refractivity contribution in [2.24, 2.45) is 7.05 Å². The summed E-state index contributed by atoms with van der Waals surface area (Å²) in [5, 5.41) is 0.461. The molecule has 0 atom stereocenters. The first-order valence-electron chi connectivity index (χ1n) is 11.3. The molecule has 3 aromatic rings. The molecular weight excluding hydrogens is 444 g/mol. The Morgan fingerprint density at radius 1 is 1.15 bits per heavy atom. The van der Waals surface area contributed by atoms with Crippen molar-refractivity contribution in [1.29, 1.82) is 0 Å². The lowest BCUT2D eigenvalue weighted by atomic mass is 10.2. The molecule has 1 N–H and O–H groups in total. The highest BCUT2D eigenvalue weighted by Crippen LogP contribution is 2.19. The smallest absolute Gasteiger partial charge is 0.330 e. The van der Waals surface area contributed by atoms with Gasteiger partial charge in [0.25, 0.3) is 11.5 Å². The minimum atomic E-state index is -0.422. The first-order chi connectivity index (χ1) is 15.9. The average Bonchev–Trinajstić information content (AvgIpc) is 2.96. The molecule has 0 aliphatic carbocycles. The highest BCUT2D eigenvalue weighted by Gasteiger charge is 2.23. The van der Waals surface area contributed by atoms with Crippen LogP contribution >= 0.6 is 11.6 Å². The summed E-state index contributed by atoms with van der Waals surface area (Å²) in [6.07, 6.45) is 2.58. The number of hydrogen-bond donors (Lipinski definition) is 1. The number of nitrogens with zero attached hydrogens (tertiary/aromatic N) is 5. The third-order valence-corrected chi connectivity index (χ3v) is 6.52. The molecule has 0 saturated carbocycles. The molecule has 0 bridgehead atoms. The summed E-state index contributed by atoms with van der Waals surface area (Å²) in [6.45, 7) is 5.81. The predicted octanol–water partition coefficient (Wildman–Crippen LogP) is 2.22. The van der Waals surface area contributed by atoms with Crippen LogP contribution in [0, 0.1) is 0 Å². The lowest BCUT2D eigenvalue weighted by Crippen LogP contribution is -2.35. The van der Waals surface area contributed by atoms with Gasteiger partial charge in [0.1, 0.15) is 5.82 Å². The maximum atomic E-state index is 12.9. The van der Waals surface area contributed by atoms with Gasteiger partial charge >= 0.3 is 5.69 Å². The lowest BCUT2D eigenvalue weighted by molar-refractivity contribution is 0.0761. The van der Waals surface area contributed by atoms with E-state index in [1.165, 1.54) is 0 Å². The summed E-state index contributed by atoms with van der Waals surface area (Å²) >= 11 is 6.22. The average molecular weight is 473 g/mol. The van der Waals surface area contributed by atoms with Gasteiger partial charge in [0.15, 0.2) is 11.2 Å². The number of amides is 1. The van der Waals surface area contributed by atoms with E-state index in [-0.39, 0.29) is 5.91 Å². The minimum absolute atomic E-state index is 0.0587. The van der Waals surface area contributed by atoms with Crippen LogP contribution in [0.25, 0.3) is 11.2 Å². The fourth-order valence-electron chi connectivity index (χ4n) is 4.29. The predicted molar refractivity (Wildman–Crippen MR) is 128 cm³/mol.